The maximum atomic E-state index is 4.36. The van der Waals surface area contributed by atoms with Crippen molar-refractivity contribution < 1.29 is 0 Å². The van der Waals surface area contributed by atoms with Crippen LogP contribution in [0, 0.1) is 0 Å². The van der Waals surface area contributed by atoms with Crippen molar-refractivity contribution in [1.29, 1.82) is 0 Å². The van der Waals surface area contributed by atoms with Crippen LogP contribution in [0.25, 0.3) is 0 Å². The lowest BCUT2D eigenvalue weighted by Gasteiger charge is -2.38. The molecule has 0 bridgehead atoms. The van der Waals surface area contributed by atoms with Crippen LogP contribution < -0.4 is 10.2 Å². The van der Waals surface area contributed by atoms with Crippen molar-refractivity contribution in [2.45, 2.75) is 39.4 Å². The van der Waals surface area contributed by atoms with Crippen LogP contribution >= 0.6 is 0 Å². The lowest BCUT2D eigenvalue weighted by atomic mass is 10.2. The van der Waals surface area contributed by atoms with E-state index < -0.39 is 0 Å². The summed E-state index contributed by atoms with van der Waals surface area (Å²) in [5.41, 5.74) is 1.000. The summed E-state index contributed by atoms with van der Waals surface area (Å²) in [4.78, 5) is 4.70. The van der Waals surface area contributed by atoms with Gasteiger partial charge in [-0.1, -0.05) is 13.8 Å². The highest BCUT2D eigenvalue weighted by atomic mass is 15.3. The Kier molecular flexibility index (Phi) is 4.71. The van der Waals surface area contributed by atoms with Gasteiger partial charge in [0.2, 0.25) is 0 Å². The lowest BCUT2D eigenvalue weighted by molar-refractivity contribution is 0.233. The van der Waals surface area contributed by atoms with Crippen LogP contribution in [-0.4, -0.2) is 53.9 Å². The number of nitrogens with one attached hydrogen (secondary N) is 1. The molecule has 1 aromatic rings. The Hall–Kier alpha value is -1.20. The Morgan fingerprint density at radius 2 is 2.11 bits per heavy atom. The zero-order chi connectivity index (χ0) is 13.8. The molecule has 1 saturated heterocycles. The summed E-state index contributed by atoms with van der Waals surface area (Å²) in [6, 6.07) is 5.20. The van der Waals surface area contributed by atoms with E-state index in [1.807, 2.05) is 0 Å². The molecule has 0 aromatic carbocycles. The molecule has 1 aliphatic heterocycles. The van der Waals surface area contributed by atoms with E-state index in [4.69, 9.17) is 0 Å². The molecule has 106 valence electrons. The number of aromatic nitrogens is 2. The monoisotopic (exact) mass is 263 g/mol. The molecule has 2 rings (SSSR count). The standard InChI is InChI=1S/C14H25N5/c1-11(2)15-9-13-5-6-14(17-16-13)19-8-7-18(4)12(3)10-19/h5-6,11-12,15H,7-10H2,1-4H3. The second-order valence-electron chi connectivity index (χ2n) is 5.69. The van der Waals surface area contributed by atoms with E-state index >= 15 is 0 Å². The first-order valence-electron chi connectivity index (χ1n) is 7.07. The van der Waals surface area contributed by atoms with Crippen molar-refractivity contribution in [1.82, 2.24) is 20.4 Å². The summed E-state index contributed by atoms with van der Waals surface area (Å²) >= 11 is 0. The second-order valence-corrected chi connectivity index (χ2v) is 5.69. The number of piperazine rings is 1. The Bertz CT molecular complexity index is 389. The molecule has 1 fully saturated rings. The number of rotatable bonds is 4. The van der Waals surface area contributed by atoms with E-state index in [2.05, 4.69) is 65.3 Å². The zero-order valence-corrected chi connectivity index (χ0v) is 12.4. The van der Waals surface area contributed by atoms with Crippen LogP contribution in [0.5, 0.6) is 0 Å². The number of hydrogen-bond acceptors (Lipinski definition) is 5. The van der Waals surface area contributed by atoms with E-state index in [0.29, 0.717) is 12.1 Å². The third kappa shape index (κ3) is 3.88. The van der Waals surface area contributed by atoms with Crippen molar-refractivity contribution in [3.63, 3.8) is 0 Å². The van der Waals surface area contributed by atoms with Crippen molar-refractivity contribution in [3.8, 4) is 0 Å². The zero-order valence-electron chi connectivity index (χ0n) is 12.4. The van der Waals surface area contributed by atoms with Gasteiger partial charge in [-0.15, -0.1) is 5.10 Å². The molecular weight excluding hydrogens is 238 g/mol. The minimum Gasteiger partial charge on any atom is -0.352 e. The van der Waals surface area contributed by atoms with E-state index in [9.17, 15) is 0 Å². The largest absolute Gasteiger partial charge is 0.352 e. The number of nitrogens with zero attached hydrogens (tertiary/aromatic N) is 4. The first-order chi connectivity index (χ1) is 9.06. The van der Waals surface area contributed by atoms with Gasteiger partial charge in [-0.05, 0) is 26.1 Å². The lowest BCUT2D eigenvalue weighted by Crippen LogP contribution is -2.50. The molecule has 1 aliphatic rings. The van der Waals surface area contributed by atoms with Crippen molar-refractivity contribution >= 4 is 5.82 Å². The SMILES string of the molecule is CC(C)NCc1ccc(N2CCN(C)C(C)C2)nn1. The van der Waals surface area contributed by atoms with Crippen LogP contribution in [-0.2, 0) is 6.54 Å². The molecule has 2 heterocycles. The van der Waals surface area contributed by atoms with Crippen LogP contribution in [0.3, 0.4) is 0 Å². The quantitative estimate of drug-likeness (QED) is 0.882. The minimum absolute atomic E-state index is 0.472. The van der Waals surface area contributed by atoms with Gasteiger partial charge in [-0.25, -0.2) is 0 Å². The maximum absolute atomic E-state index is 4.36. The summed E-state index contributed by atoms with van der Waals surface area (Å²) in [7, 11) is 2.17. The highest BCUT2D eigenvalue weighted by Crippen LogP contribution is 2.15. The van der Waals surface area contributed by atoms with Crippen LogP contribution in [0.15, 0.2) is 12.1 Å². The molecule has 19 heavy (non-hydrogen) atoms. The van der Waals surface area contributed by atoms with Crippen molar-refractivity contribution in [2.24, 2.45) is 0 Å². The smallest absolute Gasteiger partial charge is 0.151 e. The molecule has 0 radical (unpaired) electrons. The summed E-state index contributed by atoms with van der Waals surface area (Å²) in [6.07, 6.45) is 0. The molecule has 1 N–H and O–H groups in total. The summed E-state index contributed by atoms with van der Waals surface area (Å²) < 4.78 is 0. The highest BCUT2D eigenvalue weighted by molar-refractivity contribution is 5.38. The maximum Gasteiger partial charge on any atom is 0.151 e. The molecule has 1 atom stereocenters. The summed E-state index contributed by atoms with van der Waals surface area (Å²) in [6.45, 7) is 10.4. The topological polar surface area (TPSA) is 44.3 Å². The molecule has 0 amide bonds. The average Bonchev–Trinajstić information content (AvgIpc) is 2.40. The van der Waals surface area contributed by atoms with E-state index in [1.165, 1.54) is 0 Å². The average molecular weight is 263 g/mol. The van der Waals surface area contributed by atoms with E-state index in [1.54, 1.807) is 0 Å². The van der Waals surface area contributed by atoms with Gasteiger partial charge in [0, 0.05) is 38.3 Å². The molecule has 5 heteroatoms. The predicted octanol–water partition coefficient (Wildman–Crippen LogP) is 1.11. The number of likely N-dealkylation sites (N-methyl/N-ethyl adjacent to an activating group) is 1. The third-order valence-corrected chi connectivity index (χ3v) is 3.68. The van der Waals surface area contributed by atoms with Gasteiger partial charge < -0.3 is 15.1 Å². The summed E-state index contributed by atoms with van der Waals surface area (Å²) in [5.74, 6) is 0.994. The number of hydrogen-bond donors (Lipinski definition) is 1. The van der Waals surface area contributed by atoms with Crippen molar-refractivity contribution in [3.05, 3.63) is 17.8 Å². The van der Waals surface area contributed by atoms with Gasteiger partial charge in [0.05, 0.1) is 5.69 Å². The first kappa shape index (κ1) is 14.2. The van der Waals surface area contributed by atoms with E-state index in [-0.39, 0.29) is 0 Å². The molecule has 1 unspecified atom stereocenters. The molecule has 1 aromatic heterocycles. The molecular formula is C14H25N5. The Morgan fingerprint density at radius 1 is 1.32 bits per heavy atom. The van der Waals surface area contributed by atoms with Crippen LogP contribution in [0.1, 0.15) is 26.5 Å². The van der Waals surface area contributed by atoms with E-state index in [0.717, 1.165) is 37.7 Å². The number of anilines is 1. The minimum atomic E-state index is 0.472. The third-order valence-electron chi connectivity index (χ3n) is 3.68. The first-order valence-corrected chi connectivity index (χ1v) is 7.07. The van der Waals surface area contributed by atoms with Gasteiger partial charge in [0.25, 0.3) is 0 Å². The van der Waals surface area contributed by atoms with Gasteiger partial charge in [0.15, 0.2) is 5.82 Å². The molecule has 0 aliphatic carbocycles. The Morgan fingerprint density at radius 3 is 2.68 bits per heavy atom. The van der Waals surface area contributed by atoms with Crippen LogP contribution in [0.4, 0.5) is 5.82 Å². The molecule has 5 nitrogen and oxygen atoms in total. The Balaban J connectivity index is 1.94. The highest BCUT2D eigenvalue weighted by Gasteiger charge is 2.21. The Labute approximate surface area is 116 Å². The van der Waals surface area contributed by atoms with Gasteiger partial charge in [0.1, 0.15) is 0 Å². The second kappa shape index (κ2) is 6.30. The summed E-state index contributed by atoms with van der Waals surface area (Å²) in [5, 5.41) is 12.0. The fraction of sp³-hybridized carbons (Fsp3) is 0.714. The normalized spacial score (nSPS) is 21.1. The fourth-order valence-electron chi connectivity index (χ4n) is 2.18. The van der Waals surface area contributed by atoms with Gasteiger partial charge >= 0.3 is 0 Å². The van der Waals surface area contributed by atoms with Crippen LogP contribution in [0.2, 0.25) is 0 Å². The van der Waals surface area contributed by atoms with Crippen molar-refractivity contribution in [2.75, 3.05) is 31.6 Å². The predicted molar refractivity (Wildman–Crippen MR) is 78.3 cm³/mol. The van der Waals surface area contributed by atoms with Gasteiger partial charge in [-0.2, -0.15) is 5.10 Å². The fourth-order valence-corrected chi connectivity index (χ4v) is 2.18. The van der Waals surface area contributed by atoms with Gasteiger partial charge in [-0.3, -0.25) is 0 Å². The molecule has 0 saturated carbocycles. The molecule has 0 spiro atoms.